The number of hydrogen-bond acceptors (Lipinski definition) is 3. The number of methoxy groups -OCH3 is 1. The number of likely N-dealkylation sites (tertiary alicyclic amines) is 1. The topological polar surface area (TPSA) is 38.5 Å². The van der Waals surface area contributed by atoms with Crippen LogP contribution < -0.4 is 10.5 Å². The molecule has 2 rings (SSSR count). The first-order valence-corrected chi connectivity index (χ1v) is 5.48. The van der Waals surface area contributed by atoms with Crippen molar-refractivity contribution < 1.29 is 9.13 Å². The summed E-state index contributed by atoms with van der Waals surface area (Å²) in [6.07, 6.45) is 0. The van der Waals surface area contributed by atoms with E-state index in [2.05, 4.69) is 4.90 Å². The Morgan fingerprint density at radius 3 is 2.88 bits per heavy atom. The molecule has 0 spiro atoms. The highest BCUT2D eigenvalue weighted by molar-refractivity contribution is 5.31. The largest absolute Gasteiger partial charge is 0.494 e. The molecule has 1 fully saturated rings. The molecule has 16 heavy (non-hydrogen) atoms. The van der Waals surface area contributed by atoms with Gasteiger partial charge in [-0.3, -0.25) is 4.90 Å². The van der Waals surface area contributed by atoms with Gasteiger partial charge < -0.3 is 10.5 Å². The van der Waals surface area contributed by atoms with Crippen molar-refractivity contribution in [1.82, 2.24) is 4.90 Å². The third-order valence-electron chi connectivity index (χ3n) is 3.02. The molecule has 0 aromatic heterocycles. The van der Waals surface area contributed by atoms with E-state index in [1.165, 1.54) is 7.11 Å². The molecule has 0 amide bonds. The predicted molar refractivity (Wildman–Crippen MR) is 60.8 cm³/mol. The van der Waals surface area contributed by atoms with Gasteiger partial charge in [0.25, 0.3) is 0 Å². The summed E-state index contributed by atoms with van der Waals surface area (Å²) in [6.45, 7) is 3.29. The Hall–Kier alpha value is -1.13. The molecule has 1 aromatic rings. The minimum Gasteiger partial charge on any atom is -0.494 e. The van der Waals surface area contributed by atoms with Gasteiger partial charge in [-0.1, -0.05) is 12.1 Å². The summed E-state index contributed by atoms with van der Waals surface area (Å²) in [7, 11) is 1.48. The molecule has 0 aliphatic carbocycles. The van der Waals surface area contributed by atoms with Crippen LogP contribution in [-0.4, -0.2) is 31.6 Å². The standard InChI is InChI=1S/C12H17FN2O/c1-16-11-4-2-3-10(12(11)13)8-15-6-9(5-14)7-15/h2-4,9H,5-8,14H2,1H3. The van der Waals surface area contributed by atoms with Crippen molar-refractivity contribution in [3.05, 3.63) is 29.6 Å². The van der Waals surface area contributed by atoms with E-state index in [4.69, 9.17) is 10.5 Å². The van der Waals surface area contributed by atoms with Crippen LogP contribution in [0.15, 0.2) is 18.2 Å². The number of hydrogen-bond donors (Lipinski definition) is 1. The van der Waals surface area contributed by atoms with Gasteiger partial charge in [-0.25, -0.2) is 4.39 Å². The Bertz CT molecular complexity index is 364. The van der Waals surface area contributed by atoms with E-state index in [9.17, 15) is 4.39 Å². The molecule has 0 radical (unpaired) electrons. The molecule has 0 atom stereocenters. The second-order valence-electron chi connectivity index (χ2n) is 4.23. The molecule has 1 heterocycles. The van der Waals surface area contributed by atoms with Gasteiger partial charge in [0, 0.05) is 25.2 Å². The van der Waals surface area contributed by atoms with E-state index in [0.29, 0.717) is 23.8 Å². The third kappa shape index (κ3) is 2.18. The van der Waals surface area contributed by atoms with Gasteiger partial charge in [0.2, 0.25) is 0 Å². The monoisotopic (exact) mass is 224 g/mol. The molecule has 1 aliphatic heterocycles. The predicted octanol–water partition coefficient (Wildman–Crippen LogP) is 1.22. The van der Waals surface area contributed by atoms with Gasteiger partial charge in [-0.15, -0.1) is 0 Å². The van der Waals surface area contributed by atoms with Crippen LogP contribution in [-0.2, 0) is 6.54 Å². The molecule has 0 unspecified atom stereocenters. The van der Waals surface area contributed by atoms with Crippen molar-refractivity contribution in [2.24, 2.45) is 11.7 Å². The molecule has 1 saturated heterocycles. The van der Waals surface area contributed by atoms with Crippen LogP contribution >= 0.6 is 0 Å². The van der Waals surface area contributed by atoms with E-state index in [-0.39, 0.29) is 5.82 Å². The summed E-state index contributed by atoms with van der Waals surface area (Å²) in [6, 6.07) is 5.25. The minimum atomic E-state index is -0.249. The highest BCUT2D eigenvalue weighted by Crippen LogP contribution is 2.24. The van der Waals surface area contributed by atoms with E-state index < -0.39 is 0 Å². The molecule has 0 bridgehead atoms. The fourth-order valence-corrected chi connectivity index (χ4v) is 2.03. The maximum atomic E-state index is 13.8. The molecule has 4 heteroatoms. The summed E-state index contributed by atoms with van der Waals surface area (Å²) in [5.41, 5.74) is 6.23. The Morgan fingerprint density at radius 2 is 2.25 bits per heavy atom. The van der Waals surface area contributed by atoms with Crippen molar-refractivity contribution in [2.45, 2.75) is 6.54 Å². The average molecular weight is 224 g/mol. The minimum absolute atomic E-state index is 0.249. The highest BCUT2D eigenvalue weighted by atomic mass is 19.1. The molecule has 2 N–H and O–H groups in total. The van der Waals surface area contributed by atoms with E-state index in [1.54, 1.807) is 12.1 Å². The van der Waals surface area contributed by atoms with E-state index in [0.717, 1.165) is 19.6 Å². The Labute approximate surface area is 95.0 Å². The fraction of sp³-hybridized carbons (Fsp3) is 0.500. The summed E-state index contributed by atoms with van der Waals surface area (Å²) in [4.78, 5) is 2.19. The van der Waals surface area contributed by atoms with Crippen LogP contribution in [0.5, 0.6) is 5.75 Å². The maximum absolute atomic E-state index is 13.8. The van der Waals surface area contributed by atoms with E-state index >= 15 is 0 Å². The lowest BCUT2D eigenvalue weighted by molar-refractivity contribution is 0.0964. The SMILES string of the molecule is COc1cccc(CN2CC(CN)C2)c1F. The maximum Gasteiger partial charge on any atom is 0.169 e. The van der Waals surface area contributed by atoms with Crippen molar-refractivity contribution in [2.75, 3.05) is 26.7 Å². The third-order valence-corrected chi connectivity index (χ3v) is 3.02. The number of nitrogens with two attached hydrogens (primary N) is 1. The summed E-state index contributed by atoms with van der Waals surface area (Å²) in [5, 5.41) is 0. The lowest BCUT2D eigenvalue weighted by Crippen LogP contribution is -2.49. The second kappa shape index (κ2) is 4.80. The van der Waals surface area contributed by atoms with Crippen molar-refractivity contribution in [3.63, 3.8) is 0 Å². The van der Waals surface area contributed by atoms with Gasteiger partial charge >= 0.3 is 0 Å². The van der Waals surface area contributed by atoms with Crippen LogP contribution in [0.25, 0.3) is 0 Å². The zero-order chi connectivity index (χ0) is 11.5. The smallest absolute Gasteiger partial charge is 0.169 e. The van der Waals surface area contributed by atoms with E-state index in [1.807, 2.05) is 6.07 Å². The average Bonchev–Trinajstić information content (AvgIpc) is 2.25. The van der Waals surface area contributed by atoms with Gasteiger partial charge in [-0.05, 0) is 18.5 Å². The number of benzene rings is 1. The van der Waals surface area contributed by atoms with Crippen LogP contribution in [0.3, 0.4) is 0 Å². The first kappa shape index (κ1) is 11.4. The Balaban J connectivity index is 2.00. The number of nitrogens with zero attached hydrogens (tertiary/aromatic N) is 1. The first-order chi connectivity index (χ1) is 7.74. The number of rotatable bonds is 4. The van der Waals surface area contributed by atoms with Crippen LogP contribution in [0.4, 0.5) is 4.39 Å². The highest BCUT2D eigenvalue weighted by Gasteiger charge is 2.26. The van der Waals surface area contributed by atoms with Crippen molar-refractivity contribution >= 4 is 0 Å². The molecule has 0 saturated carbocycles. The summed E-state index contributed by atoms with van der Waals surface area (Å²) >= 11 is 0. The Morgan fingerprint density at radius 1 is 1.50 bits per heavy atom. The van der Waals surface area contributed by atoms with Crippen LogP contribution in [0.2, 0.25) is 0 Å². The Kier molecular flexibility index (Phi) is 3.41. The quantitative estimate of drug-likeness (QED) is 0.836. The van der Waals surface area contributed by atoms with Crippen molar-refractivity contribution in [3.8, 4) is 5.75 Å². The number of ether oxygens (including phenoxy) is 1. The summed E-state index contributed by atoms with van der Waals surface area (Å²) in [5.74, 6) is 0.642. The lowest BCUT2D eigenvalue weighted by atomic mass is 9.99. The lowest BCUT2D eigenvalue weighted by Gasteiger charge is -2.38. The van der Waals surface area contributed by atoms with Gasteiger partial charge in [0.15, 0.2) is 11.6 Å². The molecule has 1 aromatic carbocycles. The zero-order valence-electron chi connectivity index (χ0n) is 9.45. The molecular formula is C12H17FN2O. The molecule has 1 aliphatic rings. The van der Waals surface area contributed by atoms with Crippen molar-refractivity contribution in [1.29, 1.82) is 0 Å². The zero-order valence-corrected chi connectivity index (χ0v) is 9.45. The van der Waals surface area contributed by atoms with Crippen LogP contribution in [0.1, 0.15) is 5.56 Å². The second-order valence-corrected chi connectivity index (χ2v) is 4.23. The fourth-order valence-electron chi connectivity index (χ4n) is 2.03. The van der Waals surface area contributed by atoms with Crippen LogP contribution in [0, 0.1) is 11.7 Å². The first-order valence-electron chi connectivity index (χ1n) is 5.48. The van der Waals surface area contributed by atoms with Gasteiger partial charge in [0.1, 0.15) is 0 Å². The molecule has 88 valence electrons. The van der Waals surface area contributed by atoms with Gasteiger partial charge in [-0.2, -0.15) is 0 Å². The summed E-state index contributed by atoms with van der Waals surface area (Å²) < 4.78 is 18.7. The normalized spacial score (nSPS) is 17.2. The number of halogens is 1. The van der Waals surface area contributed by atoms with Gasteiger partial charge in [0.05, 0.1) is 7.11 Å². The molecule has 3 nitrogen and oxygen atoms in total. The molecular weight excluding hydrogens is 207 g/mol.